The lowest BCUT2D eigenvalue weighted by atomic mass is 9.80. The molecule has 2 aliphatic rings. The normalized spacial score (nSPS) is 31.5. The number of hydrogen-bond donors (Lipinski definition) is 2. The molecular formula is C13H20O4. The predicted molar refractivity (Wildman–Crippen MR) is 63.1 cm³/mol. The van der Waals surface area contributed by atoms with Gasteiger partial charge < -0.3 is 19.7 Å². The fourth-order valence-electron chi connectivity index (χ4n) is 2.51. The molecule has 96 valence electrons. The molecule has 0 aromatic rings. The van der Waals surface area contributed by atoms with Gasteiger partial charge in [-0.15, -0.1) is 0 Å². The lowest BCUT2D eigenvalue weighted by molar-refractivity contribution is -0.0498. The monoisotopic (exact) mass is 240 g/mol. The highest BCUT2D eigenvalue weighted by atomic mass is 16.5. The van der Waals surface area contributed by atoms with Crippen molar-refractivity contribution in [3.8, 4) is 0 Å². The largest absolute Gasteiger partial charge is 0.496 e. The molecule has 0 radical (unpaired) electrons. The summed E-state index contributed by atoms with van der Waals surface area (Å²) in [6.07, 6.45) is 2.85. The molecule has 0 aromatic heterocycles. The van der Waals surface area contributed by atoms with Gasteiger partial charge in [0.1, 0.15) is 17.1 Å². The molecule has 1 aliphatic heterocycles. The highest BCUT2D eigenvalue weighted by Crippen LogP contribution is 2.41. The van der Waals surface area contributed by atoms with Gasteiger partial charge >= 0.3 is 0 Å². The topological polar surface area (TPSA) is 58.9 Å². The lowest BCUT2D eigenvalue weighted by Gasteiger charge is -2.41. The van der Waals surface area contributed by atoms with Crippen LogP contribution in [-0.2, 0) is 9.47 Å². The maximum atomic E-state index is 10.2. The van der Waals surface area contributed by atoms with E-state index in [1.165, 1.54) is 7.11 Å². The summed E-state index contributed by atoms with van der Waals surface area (Å²) in [5.41, 5.74) is 0.349. The summed E-state index contributed by atoms with van der Waals surface area (Å²) >= 11 is 0. The van der Waals surface area contributed by atoms with Crippen LogP contribution in [0.15, 0.2) is 23.2 Å². The second kappa shape index (κ2) is 4.35. The second-order valence-corrected chi connectivity index (χ2v) is 5.25. The minimum Gasteiger partial charge on any atom is -0.496 e. The number of aliphatic hydroxyl groups excluding tert-OH is 2. The van der Waals surface area contributed by atoms with Crippen LogP contribution >= 0.6 is 0 Å². The Balaban J connectivity index is 2.34. The van der Waals surface area contributed by atoms with Crippen LogP contribution in [0.1, 0.15) is 26.7 Å². The summed E-state index contributed by atoms with van der Waals surface area (Å²) < 4.78 is 11.1. The first-order chi connectivity index (χ1) is 7.98. The number of ether oxygens (including phenoxy) is 2. The van der Waals surface area contributed by atoms with Gasteiger partial charge in [0, 0.05) is 17.6 Å². The standard InChI is InChI=1S/C13H20O4/c1-13(2)5-4-8-11(17-13)6-10(16-3)9(7-14)12(8)15/h6,8,12,14-15H,4-5,7H2,1-3H3. The molecule has 2 unspecified atom stereocenters. The van der Waals surface area contributed by atoms with E-state index in [0.717, 1.165) is 18.6 Å². The van der Waals surface area contributed by atoms with Gasteiger partial charge in [-0.3, -0.25) is 0 Å². The van der Waals surface area contributed by atoms with Gasteiger partial charge in [-0.2, -0.15) is 0 Å². The molecule has 2 rings (SSSR count). The van der Waals surface area contributed by atoms with Crippen LogP contribution in [-0.4, -0.2) is 35.6 Å². The molecule has 4 nitrogen and oxygen atoms in total. The van der Waals surface area contributed by atoms with Gasteiger partial charge in [0.25, 0.3) is 0 Å². The number of hydrogen-bond acceptors (Lipinski definition) is 4. The van der Waals surface area contributed by atoms with E-state index < -0.39 is 6.10 Å². The molecule has 1 fully saturated rings. The van der Waals surface area contributed by atoms with Crippen molar-refractivity contribution in [2.24, 2.45) is 5.92 Å². The van der Waals surface area contributed by atoms with Crippen molar-refractivity contribution in [1.82, 2.24) is 0 Å². The SMILES string of the molecule is COC1=C(CO)C(O)C2CCC(C)(C)OC2=C1. The average molecular weight is 240 g/mol. The molecule has 2 atom stereocenters. The molecular weight excluding hydrogens is 220 g/mol. The predicted octanol–water partition coefficient (Wildman–Crippen LogP) is 1.34. The molecule has 4 heteroatoms. The molecule has 0 bridgehead atoms. The number of allylic oxidation sites excluding steroid dienone is 1. The molecule has 0 spiro atoms. The van der Waals surface area contributed by atoms with Crippen molar-refractivity contribution in [2.45, 2.75) is 38.4 Å². The smallest absolute Gasteiger partial charge is 0.126 e. The average Bonchev–Trinajstić information content (AvgIpc) is 2.27. The van der Waals surface area contributed by atoms with E-state index in [-0.39, 0.29) is 18.1 Å². The number of methoxy groups -OCH3 is 1. The molecule has 1 saturated heterocycles. The third-order valence-electron chi connectivity index (χ3n) is 3.54. The fraction of sp³-hybridized carbons (Fsp3) is 0.692. The first kappa shape index (κ1) is 12.5. The zero-order valence-corrected chi connectivity index (χ0v) is 10.6. The van der Waals surface area contributed by atoms with Crippen LogP contribution < -0.4 is 0 Å². The van der Waals surface area contributed by atoms with E-state index in [2.05, 4.69) is 0 Å². The van der Waals surface area contributed by atoms with Crippen molar-refractivity contribution >= 4 is 0 Å². The van der Waals surface area contributed by atoms with Crippen molar-refractivity contribution in [1.29, 1.82) is 0 Å². The third kappa shape index (κ3) is 2.19. The van der Waals surface area contributed by atoms with E-state index >= 15 is 0 Å². The maximum absolute atomic E-state index is 10.2. The Morgan fingerprint density at radius 2 is 2.24 bits per heavy atom. The molecule has 0 saturated carbocycles. The number of rotatable bonds is 2. The first-order valence-corrected chi connectivity index (χ1v) is 5.95. The van der Waals surface area contributed by atoms with Gasteiger partial charge in [-0.1, -0.05) is 0 Å². The lowest BCUT2D eigenvalue weighted by Crippen LogP contribution is -2.40. The van der Waals surface area contributed by atoms with Crippen LogP contribution in [0.2, 0.25) is 0 Å². The van der Waals surface area contributed by atoms with Gasteiger partial charge in [0.2, 0.25) is 0 Å². The quantitative estimate of drug-likeness (QED) is 0.764. The Kier molecular flexibility index (Phi) is 3.19. The van der Waals surface area contributed by atoms with Gasteiger partial charge in [0.05, 0.1) is 19.8 Å². The molecule has 0 amide bonds. The highest BCUT2D eigenvalue weighted by Gasteiger charge is 2.40. The summed E-state index contributed by atoms with van der Waals surface area (Å²) in [6, 6.07) is 0. The van der Waals surface area contributed by atoms with Crippen molar-refractivity contribution in [3.63, 3.8) is 0 Å². The van der Waals surface area contributed by atoms with Gasteiger partial charge in [-0.25, -0.2) is 0 Å². The van der Waals surface area contributed by atoms with Crippen molar-refractivity contribution < 1.29 is 19.7 Å². The van der Waals surface area contributed by atoms with E-state index in [4.69, 9.17) is 9.47 Å². The maximum Gasteiger partial charge on any atom is 0.126 e. The Bertz CT molecular complexity index is 368. The fourth-order valence-corrected chi connectivity index (χ4v) is 2.51. The third-order valence-corrected chi connectivity index (χ3v) is 3.54. The minimum absolute atomic E-state index is 0.0518. The summed E-state index contributed by atoms with van der Waals surface area (Å²) in [4.78, 5) is 0. The summed E-state index contributed by atoms with van der Waals surface area (Å²) in [7, 11) is 1.53. The Morgan fingerprint density at radius 3 is 2.82 bits per heavy atom. The Morgan fingerprint density at radius 1 is 1.53 bits per heavy atom. The van der Waals surface area contributed by atoms with Crippen LogP contribution in [0.3, 0.4) is 0 Å². The molecule has 0 aromatic carbocycles. The summed E-state index contributed by atoms with van der Waals surface area (Å²) in [5.74, 6) is 1.23. The van der Waals surface area contributed by atoms with Crippen LogP contribution in [0.25, 0.3) is 0 Å². The summed E-state index contributed by atoms with van der Waals surface area (Å²) in [6.45, 7) is 3.89. The molecule has 1 aliphatic carbocycles. The number of fused-ring (bicyclic) bond motifs is 1. The van der Waals surface area contributed by atoms with E-state index in [1.54, 1.807) is 6.08 Å². The van der Waals surface area contributed by atoms with Crippen LogP contribution in [0.4, 0.5) is 0 Å². The van der Waals surface area contributed by atoms with Gasteiger partial charge in [-0.05, 0) is 26.7 Å². The minimum atomic E-state index is -0.703. The molecule has 1 heterocycles. The van der Waals surface area contributed by atoms with Gasteiger partial charge in [0.15, 0.2) is 0 Å². The highest BCUT2D eigenvalue weighted by molar-refractivity contribution is 5.34. The van der Waals surface area contributed by atoms with Crippen LogP contribution in [0, 0.1) is 5.92 Å². The second-order valence-electron chi connectivity index (χ2n) is 5.25. The zero-order valence-electron chi connectivity index (χ0n) is 10.6. The first-order valence-electron chi connectivity index (χ1n) is 5.95. The van der Waals surface area contributed by atoms with E-state index in [9.17, 15) is 10.2 Å². The molecule has 2 N–H and O–H groups in total. The molecule has 17 heavy (non-hydrogen) atoms. The van der Waals surface area contributed by atoms with Crippen molar-refractivity contribution in [2.75, 3.05) is 13.7 Å². The van der Waals surface area contributed by atoms with E-state index in [0.29, 0.717) is 11.3 Å². The summed E-state index contributed by atoms with van der Waals surface area (Å²) in [5, 5.41) is 19.5. The van der Waals surface area contributed by atoms with E-state index in [1.807, 2.05) is 13.8 Å². The number of aliphatic hydroxyl groups is 2. The Hall–Kier alpha value is -1.00. The zero-order chi connectivity index (χ0) is 12.6. The Labute approximate surface area is 102 Å². The van der Waals surface area contributed by atoms with Crippen LogP contribution in [0.5, 0.6) is 0 Å². The van der Waals surface area contributed by atoms with Crippen molar-refractivity contribution in [3.05, 3.63) is 23.2 Å².